The molecule has 0 spiro atoms. The van der Waals surface area contributed by atoms with Crippen molar-refractivity contribution >= 4 is 39.3 Å². The van der Waals surface area contributed by atoms with Crippen LogP contribution in [-0.4, -0.2) is 38.1 Å². The molecule has 0 radical (unpaired) electrons. The lowest BCUT2D eigenvalue weighted by molar-refractivity contribution is -0.148. The Morgan fingerprint density at radius 2 is 1.83 bits per heavy atom. The molecule has 152 valence electrons. The monoisotopic (exact) mass is 410 g/mol. The normalized spacial score (nSPS) is 12.1. The van der Waals surface area contributed by atoms with Gasteiger partial charge in [-0.15, -0.1) is 11.8 Å². The molecule has 4 nitrogen and oxygen atoms in total. The van der Waals surface area contributed by atoms with E-state index in [4.69, 9.17) is 14.2 Å². The van der Waals surface area contributed by atoms with E-state index in [1.165, 1.54) is 4.90 Å². The van der Waals surface area contributed by atoms with Gasteiger partial charge in [-0.1, -0.05) is 43.8 Å². The molecule has 0 aromatic heterocycles. The van der Waals surface area contributed by atoms with Crippen LogP contribution in [0.3, 0.4) is 0 Å². The topological polar surface area (TPSA) is 44.8 Å². The number of methoxy groups -OCH3 is 1. The van der Waals surface area contributed by atoms with Gasteiger partial charge < -0.3 is 14.2 Å². The summed E-state index contributed by atoms with van der Waals surface area (Å²) in [6, 6.07) is 16.7. The van der Waals surface area contributed by atoms with Gasteiger partial charge >= 0.3 is 5.97 Å². The number of hydrogen-bond donors (Lipinski definition) is 0. The first-order valence-electron chi connectivity index (χ1n) is 9.60. The molecular weight excluding hydrogens is 384 g/mol. The molecule has 0 saturated carbocycles. The third-order valence-electron chi connectivity index (χ3n) is 4.49. The van der Waals surface area contributed by atoms with Crippen molar-refractivity contribution in [3.05, 3.63) is 60.7 Å². The lowest BCUT2D eigenvalue weighted by atomic mass is 10.0. The number of benzene rings is 3. The van der Waals surface area contributed by atoms with Crippen molar-refractivity contribution in [3.63, 3.8) is 0 Å². The van der Waals surface area contributed by atoms with Gasteiger partial charge in [-0.2, -0.15) is 0 Å². The Kier molecular flexibility index (Phi) is 7.18. The molecule has 0 saturated heterocycles. The molecule has 1 unspecified atom stereocenters. The fourth-order valence-corrected chi connectivity index (χ4v) is 3.84. The van der Waals surface area contributed by atoms with Gasteiger partial charge in [0, 0.05) is 28.4 Å². The van der Waals surface area contributed by atoms with E-state index >= 15 is 0 Å². The van der Waals surface area contributed by atoms with E-state index in [9.17, 15) is 4.79 Å². The van der Waals surface area contributed by atoms with Crippen LogP contribution >= 0.6 is 11.8 Å². The highest BCUT2D eigenvalue weighted by Gasteiger charge is 2.18. The number of hydrogen-bond acceptors (Lipinski definition) is 5. The van der Waals surface area contributed by atoms with Crippen LogP contribution in [-0.2, 0) is 14.3 Å². The minimum atomic E-state index is -0.522. The van der Waals surface area contributed by atoms with Gasteiger partial charge in [0.1, 0.15) is 12.4 Å². The van der Waals surface area contributed by atoms with Crippen LogP contribution < -0.4 is 4.74 Å². The van der Waals surface area contributed by atoms with Gasteiger partial charge in [0.2, 0.25) is 0 Å². The van der Waals surface area contributed by atoms with Crippen molar-refractivity contribution in [3.8, 4) is 5.75 Å². The molecule has 0 aliphatic heterocycles. The summed E-state index contributed by atoms with van der Waals surface area (Å²) in [5, 5.41) is 4.29. The van der Waals surface area contributed by atoms with Crippen LogP contribution in [0.15, 0.2) is 65.6 Å². The Labute approximate surface area is 175 Å². The summed E-state index contributed by atoms with van der Waals surface area (Å²) in [5.41, 5.74) is 0.350. The third kappa shape index (κ3) is 5.11. The van der Waals surface area contributed by atoms with Gasteiger partial charge in [0.25, 0.3) is 0 Å². The second-order valence-electron chi connectivity index (χ2n) is 6.82. The number of carbonyl (C=O) groups excluding carboxylic acids is 1. The van der Waals surface area contributed by atoms with Crippen molar-refractivity contribution in [2.75, 3.05) is 26.1 Å². The van der Waals surface area contributed by atoms with Crippen molar-refractivity contribution < 1.29 is 19.0 Å². The summed E-state index contributed by atoms with van der Waals surface area (Å²) in [6.45, 7) is 7.84. The van der Waals surface area contributed by atoms with Crippen LogP contribution in [0.1, 0.15) is 13.8 Å². The molecule has 29 heavy (non-hydrogen) atoms. The summed E-state index contributed by atoms with van der Waals surface area (Å²) in [7, 11) is 1.57. The zero-order valence-electron chi connectivity index (χ0n) is 17.1. The molecule has 5 heteroatoms. The lowest BCUT2D eigenvalue weighted by Crippen LogP contribution is -2.29. The molecule has 0 aliphatic carbocycles. The predicted molar refractivity (Wildman–Crippen MR) is 120 cm³/mol. The van der Waals surface area contributed by atoms with Crippen LogP contribution in [0.4, 0.5) is 0 Å². The van der Waals surface area contributed by atoms with Crippen LogP contribution in [0.25, 0.3) is 21.5 Å². The highest BCUT2D eigenvalue weighted by Crippen LogP contribution is 2.37. The van der Waals surface area contributed by atoms with Crippen molar-refractivity contribution in [2.24, 2.45) is 0 Å². The Morgan fingerprint density at radius 3 is 2.55 bits per heavy atom. The summed E-state index contributed by atoms with van der Waals surface area (Å²) in [6.07, 6.45) is -0.522. The van der Waals surface area contributed by atoms with Crippen LogP contribution in [0, 0.1) is 0 Å². The molecule has 1 atom stereocenters. The number of carbonyl (C=O) groups is 1. The van der Waals surface area contributed by atoms with Gasteiger partial charge in [-0.05, 0) is 41.6 Å². The zero-order chi connectivity index (χ0) is 20.8. The van der Waals surface area contributed by atoms with E-state index in [2.05, 4.69) is 49.9 Å². The quantitative estimate of drug-likeness (QED) is 0.198. The number of rotatable bonds is 9. The number of fused-ring (bicyclic) bond motifs is 2. The summed E-state index contributed by atoms with van der Waals surface area (Å²) in [5.74, 6) is 1.35. The van der Waals surface area contributed by atoms with Gasteiger partial charge in [0.15, 0.2) is 6.10 Å². The average molecular weight is 411 g/mol. The van der Waals surface area contributed by atoms with Gasteiger partial charge in [0.05, 0.1) is 6.61 Å². The van der Waals surface area contributed by atoms with Crippen molar-refractivity contribution in [1.82, 2.24) is 0 Å². The first kappa shape index (κ1) is 21.2. The van der Waals surface area contributed by atoms with Crippen molar-refractivity contribution in [2.45, 2.75) is 24.8 Å². The van der Waals surface area contributed by atoms with Gasteiger partial charge in [-0.25, -0.2) is 4.79 Å². The number of esters is 1. The van der Waals surface area contributed by atoms with Crippen molar-refractivity contribution in [1.29, 1.82) is 0 Å². The molecule has 0 N–H and O–H groups in total. The molecule has 0 bridgehead atoms. The standard InChI is InChI=1S/C24H26O4S/c1-5-29-20-11-10-18-12-17-8-6-7-9-21(17)23(22(18)13-20)27-15-19(14-26-4)28-24(25)16(2)3/h6-13,19H,2,5,14-15H2,1,3-4H3. The maximum Gasteiger partial charge on any atom is 0.333 e. The number of ether oxygens (including phenoxy) is 3. The molecule has 3 aromatic rings. The SMILES string of the molecule is C=C(C)C(=O)OC(COC)COc1c2ccccc2cc2ccc(SCC)cc12. The lowest BCUT2D eigenvalue weighted by Gasteiger charge is -2.20. The molecule has 0 heterocycles. The fourth-order valence-electron chi connectivity index (χ4n) is 3.14. The van der Waals surface area contributed by atoms with E-state index < -0.39 is 12.1 Å². The molecule has 3 aromatic carbocycles. The minimum Gasteiger partial charge on any atom is -0.488 e. The van der Waals surface area contributed by atoms with E-state index in [1.54, 1.807) is 25.8 Å². The van der Waals surface area contributed by atoms with E-state index in [1.807, 2.05) is 12.1 Å². The molecule has 0 amide bonds. The maximum atomic E-state index is 11.9. The molecule has 0 fully saturated rings. The first-order valence-corrected chi connectivity index (χ1v) is 10.6. The second-order valence-corrected chi connectivity index (χ2v) is 8.15. The zero-order valence-corrected chi connectivity index (χ0v) is 17.9. The van der Waals surface area contributed by atoms with Crippen LogP contribution in [0.2, 0.25) is 0 Å². The Balaban J connectivity index is 1.99. The first-order chi connectivity index (χ1) is 14.0. The highest BCUT2D eigenvalue weighted by molar-refractivity contribution is 7.99. The third-order valence-corrected chi connectivity index (χ3v) is 5.36. The smallest absolute Gasteiger partial charge is 0.333 e. The van der Waals surface area contributed by atoms with E-state index in [-0.39, 0.29) is 13.2 Å². The average Bonchev–Trinajstić information content (AvgIpc) is 2.71. The molecular formula is C24H26O4S. The van der Waals surface area contributed by atoms with E-state index in [0.717, 1.165) is 33.0 Å². The maximum absolute atomic E-state index is 11.9. The minimum absolute atomic E-state index is 0.196. The largest absolute Gasteiger partial charge is 0.488 e. The Bertz CT molecular complexity index is 1030. The Hall–Kier alpha value is -2.50. The molecule has 0 aliphatic rings. The summed E-state index contributed by atoms with van der Waals surface area (Å²) < 4.78 is 16.9. The summed E-state index contributed by atoms with van der Waals surface area (Å²) in [4.78, 5) is 13.1. The highest BCUT2D eigenvalue weighted by atomic mass is 32.2. The summed E-state index contributed by atoms with van der Waals surface area (Å²) >= 11 is 1.79. The van der Waals surface area contributed by atoms with Gasteiger partial charge in [-0.3, -0.25) is 0 Å². The molecule has 3 rings (SSSR count). The second kappa shape index (κ2) is 9.81. The van der Waals surface area contributed by atoms with Crippen LogP contribution in [0.5, 0.6) is 5.75 Å². The Morgan fingerprint density at radius 1 is 1.07 bits per heavy atom. The van der Waals surface area contributed by atoms with E-state index in [0.29, 0.717) is 5.57 Å². The fraction of sp³-hybridized carbons (Fsp3) is 0.292. The predicted octanol–water partition coefficient (Wildman–Crippen LogP) is 5.62. The number of thioether (sulfide) groups is 1.